The summed E-state index contributed by atoms with van der Waals surface area (Å²) in [6, 6.07) is 7.04. The fourth-order valence-corrected chi connectivity index (χ4v) is 2.55. The van der Waals surface area contributed by atoms with Crippen LogP contribution >= 0.6 is 0 Å². The highest BCUT2D eigenvalue weighted by Gasteiger charge is 2.17. The smallest absolute Gasteiger partial charge is 0.122 e. The molecule has 0 bridgehead atoms. The molecular formula is C16H26N2O. The molecule has 1 N–H and O–H groups in total. The Hall–Kier alpha value is -1.06. The van der Waals surface area contributed by atoms with Crippen LogP contribution in [0.3, 0.4) is 0 Å². The van der Waals surface area contributed by atoms with Gasteiger partial charge in [-0.1, -0.05) is 12.1 Å². The molecule has 0 spiro atoms. The van der Waals surface area contributed by atoms with E-state index in [1.54, 1.807) is 0 Å². The monoisotopic (exact) mass is 262 g/mol. The molecule has 0 aliphatic carbocycles. The predicted molar refractivity (Wildman–Crippen MR) is 79.9 cm³/mol. The second-order valence-corrected chi connectivity index (χ2v) is 5.60. The minimum Gasteiger partial charge on any atom is -0.492 e. The van der Waals surface area contributed by atoms with Crippen LogP contribution in [0, 0.1) is 13.8 Å². The summed E-state index contributed by atoms with van der Waals surface area (Å²) in [6.07, 6.45) is 2.58. The summed E-state index contributed by atoms with van der Waals surface area (Å²) in [4.78, 5) is 2.41. The van der Waals surface area contributed by atoms with E-state index in [0.717, 1.165) is 25.4 Å². The molecule has 19 heavy (non-hydrogen) atoms. The molecule has 1 fully saturated rings. The van der Waals surface area contributed by atoms with E-state index in [9.17, 15) is 0 Å². The van der Waals surface area contributed by atoms with Crippen LogP contribution in [0.5, 0.6) is 5.75 Å². The first-order chi connectivity index (χ1) is 9.16. The van der Waals surface area contributed by atoms with Crippen LogP contribution in [-0.2, 0) is 0 Å². The van der Waals surface area contributed by atoms with Gasteiger partial charge in [-0.2, -0.15) is 0 Å². The Morgan fingerprint density at radius 1 is 1.37 bits per heavy atom. The Balaban J connectivity index is 1.77. The lowest BCUT2D eigenvalue weighted by atomic mass is 10.1. The summed E-state index contributed by atoms with van der Waals surface area (Å²) in [5.74, 6) is 1.02. The quantitative estimate of drug-likeness (QED) is 0.881. The molecule has 3 heteroatoms. The van der Waals surface area contributed by atoms with Gasteiger partial charge in [0.1, 0.15) is 12.4 Å². The first kappa shape index (κ1) is 14.4. The van der Waals surface area contributed by atoms with Gasteiger partial charge in [0.2, 0.25) is 0 Å². The van der Waals surface area contributed by atoms with Gasteiger partial charge in [0, 0.05) is 19.1 Å². The molecule has 1 aliphatic rings. The maximum atomic E-state index is 5.92. The van der Waals surface area contributed by atoms with Crippen LogP contribution in [0.4, 0.5) is 0 Å². The number of nitrogens with one attached hydrogen (secondary N) is 1. The van der Waals surface area contributed by atoms with E-state index in [2.05, 4.69) is 49.3 Å². The van der Waals surface area contributed by atoms with E-state index >= 15 is 0 Å². The molecule has 0 saturated carbocycles. The molecule has 3 nitrogen and oxygen atoms in total. The Labute approximate surface area is 116 Å². The molecule has 1 unspecified atom stereocenters. The van der Waals surface area contributed by atoms with Gasteiger partial charge < -0.3 is 10.1 Å². The van der Waals surface area contributed by atoms with E-state index < -0.39 is 0 Å². The zero-order valence-electron chi connectivity index (χ0n) is 12.4. The highest BCUT2D eigenvalue weighted by Crippen LogP contribution is 2.19. The number of hydrogen-bond acceptors (Lipinski definition) is 3. The second-order valence-electron chi connectivity index (χ2n) is 5.60. The Bertz CT molecular complexity index is 400. The van der Waals surface area contributed by atoms with Crippen molar-refractivity contribution in [1.82, 2.24) is 10.2 Å². The number of aryl methyl sites for hydroxylation is 2. The van der Waals surface area contributed by atoms with E-state index in [1.807, 2.05) is 0 Å². The van der Waals surface area contributed by atoms with Gasteiger partial charge >= 0.3 is 0 Å². The highest BCUT2D eigenvalue weighted by molar-refractivity contribution is 5.35. The topological polar surface area (TPSA) is 24.5 Å². The predicted octanol–water partition coefficient (Wildman–Crippen LogP) is 2.37. The molecule has 1 aromatic carbocycles. The molecular weight excluding hydrogens is 236 g/mol. The summed E-state index contributed by atoms with van der Waals surface area (Å²) in [5, 5.41) is 3.46. The Kier molecular flexibility index (Phi) is 5.23. The summed E-state index contributed by atoms with van der Waals surface area (Å²) >= 11 is 0. The van der Waals surface area contributed by atoms with Crippen molar-refractivity contribution in [2.24, 2.45) is 0 Å². The van der Waals surface area contributed by atoms with Crippen LogP contribution in [-0.4, -0.2) is 44.2 Å². The third-order valence-electron chi connectivity index (χ3n) is 3.94. The summed E-state index contributed by atoms with van der Waals surface area (Å²) in [7, 11) is 2.20. The molecule has 0 amide bonds. The van der Waals surface area contributed by atoms with Crippen LogP contribution in [0.2, 0.25) is 0 Å². The number of hydrogen-bond donors (Lipinski definition) is 1. The van der Waals surface area contributed by atoms with Crippen molar-refractivity contribution in [3.05, 3.63) is 29.3 Å². The normalized spacial score (nSPS) is 19.7. The van der Waals surface area contributed by atoms with Gasteiger partial charge in [-0.25, -0.2) is 0 Å². The molecule has 1 saturated heterocycles. The SMILES string of the molecule is Cc1ccc(C)c(OCCN(C)C2CCCNC2)c1. The largest absolute Gasteiger partial charge is 0.492 e. The number of rotatable bonds is 5. The lowest BCUT2D eigenvalue weighted by Gasteiger charge is -2.31. The number of ether oxygens (including phenoxy) is 1. The van der Waals surface area contributed by atoms with Crippen molar-refractivity contribution in [1.29, 1.82) is 0 Å². The standard InChI is InChI=1S/C16H26N2O/c1-13-6-7-14(2)16(11-13)19-10-9-18(3)15-5-4-8-17-12-15/h6-7,11,15,17H,4-5,8-10,12H2,1-3H3. The van der Waals surface area contributed by atoms with Crippen LogP contribution < -0.4 is 10.1 Å². The van der Waals surface area contributed by atoms with E-state index in [4.69, 9.17) is 4.74 Å². The van der Waals surface area contributed by atoms with Gasteiger partial charge in [0.15, 0.2) is 0 Å². The van der Waals surface area contributed by atoms with E-state index in [0.29, 0.717) is 6.04 Å². The number of benzene rings is 1. The minimum absolute atomic E-state index is 0.663. The van der Waals surface area contributed by atoms with Crippen molar-refractivity contribution in [2.45, 2.75) is 32.7 Å². The van der Waals surface area contributed by atoms with Gasteiger partial charge in [-0.3, -0.25) is 4.90 Å². The molecule has 1 atom stereocenters. The van der Waals surface area contributed by atoms with Gasteiger partial charge in [-0.05, 0) is 57.5 Å². The summed E-state index contributed by atoms with van der Waals surface area (Å²) < 4.78 is 5.92. The second kappa shape index (κ2) is 6.92. The Morgan fingerprint density at radius 3 is 2.95 bits per heavy atom. The number of piperidine rings is 1. The van der Waals surface area contributed by atoms with E-state index in [1.165, 1.54) is 30.5 Å². The van der Waals surface area contributed by atoms with Crippen LogP contribution in [0.1, 0.15) is 24.0 Å². The first-order valence-corrected chi connectivity index (χ1v) is 7.28. The van der Waals surface area contributed by atoms with Gasteiger partial charge in [-0.15, -0.1) is 0 Å². The number of nitrogens with zero attached hydrogens (tertiary/aromatic N) is 1. The average Bonchev–Trinajstić information content (AvgIpc) is 2.43. The molecule has 0 radical (unpaired) electrons. The van der Waals surface area contributed by atoms with Crippen LogP contribution in [0.15, 0.2) is 18.2 Å². The maximum absolute atomic E-state index is 5.92. The van der Waals surface area contributed by atoms with Crippen molar-refractivity contribution in [2.75, 3.05) is 33.3 Å². The van der Waals surface area contributed by atoms with Crippen molar-refractivity contribution in [3.8, 4) is 5.75 Å². The fraction of sp³-hybridized carbons (Fsp3) is 0.625. The third kappa shape index (κ3) is 4.22. The average molecular weight is 262 g/mol. The number of likely N-dealkylation sites (N-methyl/N-ethyl adjacent to an activating group) is 1. The molecule has 1 aromatic rings. The first-order valence-electron chi connectivity index (χ1n) is 7.28. The Morgan fingerprint density at radius 2 is 2.21 bits per heavy atom. The van der Waals surface area contributed by atoms with Crippen molar-refractivity contribution >= 4 is 0 Å². The van der Waals surface area contributed by atoms with Crippen molar-refractivity contribution in [3.63, 3.8) is 0 Å². The lowest BCUT2D eigenvalue weighted by molar-refractivity contribution is 0.168. The van der Waals surface area contributed by atoms with Gasteiger partial charge in [0.05, 0.1) is 0 Å². The highest BCUT2D eigenvalue weighted by atomic mass is 16.5. The van der Waals surface area contributed by atoms with Gasteiger partial charge in [0.25, 0.3) is 0 Å². The maximum Gasteiger partial charge on any atom is 0.122 e. The fourth-order valence-electron chi connectivity index (χ4n) is 2.55. The molecule has 1 aliphatic heterocycles. The van der Waals surface area contributed by atoms with Crippen LogP contribution in [0.25, 0.3) is 0 Å². The summed E-state index contributed by atoms with van der Waals surface area (Å²) in [5.41, 5.74) is 2.47. The molecule has 106 valence electrons. The lowest BCUT2D eigenvalue weighted by Crippen LogP contribution is -2.45. The molecule has 2 rings (SSSR count). The third-order valence-corrected chi connectivity index (χ3v) is 3.94. The van der Waals surface area contributed by atoms with Crippen molar-refractivity contribution < 1.29 is 4.74 Å². The zero-order chi connectivity index (χ0) is 13.7. The minimum atomic E-state index is 0.663. The molecule has 0 aromatic heterocycles. The summed E-state index contributed by atoms with van der Waals surface area (Å²) in [6.45, 7) is 8.23. The molecule has 1 heterocycles. The zero-order valence-corrected chi connectivity index (χ0v) is 12.4. The van der Waals surface area contributed by atoms with E-state index in [-0.39, 0.29) is 0 Å².